The zero-order chi connectivity index (χ0) is 20.7. The van der Waals surface area contributed by atoms with Gasteiger partial charge in [-0.15, -0.1) is 0 Å². The molecule has 1 aliphatic carbocycles. The zero-order valence-electron chi connectivity index (χ0n) is 17.5. The molecule has 6 rings (SSSR count). The molecule has 2 heterocycles. The van der Waals surface area contributed by atoms with Crippen LogP contribution < -0.4 is 4.90 Å². The molecule has 0 spiro atoms. The Hall–Kier alpha value is -3.33. The quantitative estimate of drug-likeness (QED) is 0.584. The number of hydrogen-bond acceptors (Lipinski definition) is 2. The Kier molecular flexibility index (Phi) is 4.66. The Bertz CT molecular complexity index is 1100. The molecule has 150 valence electrons. The zero-order valence-corrected chi connectivity index (χ0v) is 17.5. The average Bonchev–Trinajstić information content (AvgIpc) is 2.79. The molecule has 2 atom stereocenters. The molecular formula is C27H26N2O. The van der Waals surface area contributed by atoms with E-state index in [1.165, 1.54) is 28.0 Å². The minimum Gasteiger partial charge on any atom is -0.378 e. The van der Waals surface area contributed by atoms with Gasteiger partial charge in [-0.05, 0) is 52.9 Å². The van der Waals surface area contributed by atoms with Crippen molar-refractivity contribution in [2.45, 2.75) is 18.4 Å². The largest absolute Gasteiger partial charge is 0.378 e. The second kappa shape index (κ2) is 7.49. The predicted molar refractivity (Wildman–Crippen MR) is 123 cm³/mol. The van der Waals surface area contributed by atoms with Gasteiger partial charge in [0.15, 0.2) is 0 Å². The Morgan fingerprint density at radius 1 is 0.900 bits per heavy atom. The predicted octanol–water partition coefficient (Wildman–Crippen LogP) is 5.52. The first-order chi connectivity index (χ1) is 14.6. The molecule has 1 fully saturated rings. The van der Waals surface area contributed by atoms with Crippen molar-refractivity contribution in [3.8, 4) is 0 Å². The topological polar surface area (TPSA) is 23.6 Å². The van der Waals surface area contributed by atoms with Gasteiger partial charge in [-0.3, -0.25) is 4.79 Å². The maximum Gasteiger partial charge on any atom is 0.254 e. The molecule has 3 aromatic carbocycles. The summed E-state index contributed by atoms with van der Waals surface area (Å²) < 4.78 is 0. The van der Waals surface area contributed by atoms with Crippen LogP contribution in [0.3, 0.4) is 0 Å². The van der Waals surface area contributed by atoms with E-state index in [0.717, 1.165) is 18.5 Å². The molecule has 3 nitrogen and oxygen atoms in total. The van der Waals surface area contributed by atoms with E-state index in [2.05, 4.69) is 78.5 Å². The molecule has 3 aromatic rings. The Labute approximate surface area is 178 Å². The maximum atomic E-state index is 13.4. The van der Waals surface area contributed by atoms with Gasteiger partial charge >= 0.3 is 0 Å². The fraction of sp³-hybridized carbons (Fsp3) is 0.222. The molecule has 0 N–H and O–H groups in total. The summed E-state index contributed by atoms with van der Waals surface area (Å²) in [6.07, 6.45) is 3.30. The molecule has 2 bridgehead atoms. The van der Waals surface area contributed by atoms with E-state index >= 15 is 0 Å². The molecule has 2 aliphatic heterocycles. The lowest BCUT2D eigenvalue weighted by Gasteiger charge is -2.48. The molecule has 1 saturated heterocycles. The van der Waals surface area contributed by atoms with Crippen LogP contribution in [0.1, 0.15) is 45.4 Å². The highest BCUT2D eigenvalue weighted by Crippen LogP contribution is 2.50. The second-order valence-electron chi connectivity index (χ2n) is 8.46. The molecule has 0 unspecified atom stereocenters. The molecule has 1 amide bonds. The lowest BCUT2D eigenvalue weighted by molar-refractivity contribution is 0.0627. The summed E-state index contributed by atoms with van der Waals surface area (Å²) in [5, 5.41) is 0. The average molecular weight is 395 g/mol. The van der Waals surface area contributed by atoms with Crippen molar-refractivity contribution >= 4 is 17.7 Å². The Balaban J connectivity index is 1.55. The SMILES string of the molecule is CN(C)c1ccc(/C=C2/C[C@H]3CN(C(=O)c4ccccc4)[C@@H]2c2ccccc23)cc1. The van der Waals surface area contributed by atoms with E-state index in [0.29, 0.717) is 5.92 Å². The first-order valence-electron chi connectivity index (χ1n) is 10.5. The van der Waals surface area contributed by atoms with Gasteiger partial charge in [0.1, 0.15) is 0 Å². The van der Waals surface area contributed by atoms with Crippen molar-refractivity contribution in [2.75, 3.05) is 25.5 Å². The number of fused-ring (bicyclic) bond motifs is 2. The van der Waals surface area contributed by atoms with E-state index in [1.54, 1.807) is 0 Å². The van der Waals surface area contributed by atoms with Gasteiger partial charge in [-0.2, -0.15) is 0 Å². The second-order valence-corrected chi connectivity index (χ2v) is 8.46. The summed E-state index contributed by atoms with van der Waals surface area (Å²) >= 11 is 0. The van der Waals surface area contributed by atoms with E-state index in [-0.39, 0.29) is 11.9 Å². The van der Waals surface area contributed by atoms with E-state index < -0.39 is 0 Å². The van der Waals surface area contributed by atoms with Gasteiger partial charge < -0.3 is 9.80 Å². The van der Waals surface area contributed by atoms with Gasteiger partial charge in [0.25, 0.3) is 5.91 Å². The van der Waals surface area contributed by atoms with Crippen molar-refractivity contribution in [3.63, 3.8) is 0 Å². The third-order valence-electron chi connectivity index (χ3n) is 6.34. The van der Waals surface area contributed by atoms with Crippen molar-refractivity contribution in [1.29, 1.82) is 0 Å². The number of nitrogens with zero attached hydrogens (tertiary/aromatic N) is 2. The van der Waals surface area contributed by atoms with Crippen LogP contribution in [0.15, 0.2) is 84.4 Å². The van der Waals surface area contributed by atoms with Crippen LogP contribution in [-0.2, 0) is 0 Å². The van der Waals surface area contributed by atoms with Gasteiger partial charge in [-0.25, -0.2) is 0 Å². The van der Waals surface area contributed by atoms with Crippen molar-refractivity contribution in [1.82, 2.24) is 4.90 Å². The summed E-state index contributed by atoms with van der Waals surface area (Å²) in [7, 11) is 4.11. The van der Waals surface area contributed by atoms with E-state index in [9.17, 15) is 4.79 Å². The van der Waals surface area contributed by atoms with Crippen LogP contribution in [0.25, 0.3) is 6.08 Å². The lowest BCUT2D eigenvalue weighted by Crippen LogP contribution is -2.46. The molecule has 0 saturated carbocycles. The number of rotatable bonds is 3. The highest BCUT2D eigenvalue weighted by atomic mass is 16.2. The normalized spacial score (nSPS) is 20.9. The molecule has 0 aromatic heterocycles. The maximum absolute atomic E-state index is 13.4. The number of benzene rings is 3. The summed E-state index contributed by atoms with van der Waals surface area (Å²) in [4.78, 5) is 17.6. The fourth-order valence-corrected chi connectivity index (χ4v) is 4.88. The standard InChI is InChI=1S/C27H26N2O/c1-28(2)23-14-12-19(13-15-23)16-21-17-22-18-29(27(30)20-8-4-3-5-9-20)26(21)25-11-7-6-10-24(22)25/h3-16,22,26H,17-18H2,1-2H3/b21-16-/t22-,26-/m0/s1. The lowest BCUT2D eigenvalue weighted by atomic mass is 9.71. The number of amides is 1. The van der Waals surface area contributed by atoms with Crippen LogP contribution in [0.5, 0.6) is 0 Å². The van der Waals surface area contributed by atoms with Crippen LogP contribution in [-0.4, -0.2) is 31.4 Å². The summed E-state index contributed by atoms with van der Waals surface area (Å²) in [6.45, 7) is 0.784. The molecule has 0 radical (unpaired) electrons. The minimum atomic E-state index is 0.00688. The van der Waals surface area contributed by atoms with Gasteiger partial charge in [0, 0.05) is 37.8 Å². The number of hydrogen-bond donors (Lipinski definition) is 0. The van der Waals surface area contributed by atoms with Crippen LogP contribution in [0.2, 0.25) is 0 Å². The smallest absolute Gasteiger partial charge is 0.254 e. The fourth-order valence-electron chi connectivity index (χ4n) is 4.88. The molecule has 30 heavy (non-hydrogen) atoms. The highest BCUT2D eigenvalue weighted by molar-refractivity contribution is 5.95. The van der Waals surface area contributed by atoms with Crippen LogP contribution in [0.4, 0.5) is 5.69 Å². The van der Waals surface area contributed by atoms with Crippen LogP contribution >= 0.6 is 0 Å². The summed E-state index contributed by atoms with van der Waals surface area (Å²) in [6, 6.07) is 26.9. The Morgan fingerprint density at radius 2 is 1.57 bits per heavy atom. The first-order valence-corrected chi connectivity index (χ1v) is 10.5. The summed E-state index contributed by atoms with van der Waals surface area (Å²) in [5.41, 5.74) is 7.14. The van der Waals surface area contributed by atoms with Gasteiger partial charge in [0.2, 0.25) is 0 Å². The van der Waals surface area contributed by atoms with Crippen LogP contribution in [0, 0.1) is 0 Å². The molecule has 3 aliphatic rings. The van der Waals surface area contributed by atoms with Crippen molar-refractivity contribution in [3.05, 3.63) is 107 Å². The number of piperidine rings is 1. The number of anilines is 1. The van der Waals surface area contributed by atoms with Gasteiger partial charge in [-0.1, -0.05) is 60.7 Å². The Morgan fingerprint density at radius 3 is 2.27 bits per heavy atom. The minimum absolute atomic E-state index is 0.00688. The highest BCUT2D eigenvalue weighted by Gasteiger charge is 2.43. The molecular weight excluding hydrogens is 368 g/mol. The number of carbonyl (C=O) groups excluding carboxylic acids is 1. The van der Waals surface area contributed by atoms with Crippen molar-refractivity contribution < 1.29 is 4.79 Å². The van der Waals surface area contributed by atoms with E-state index in [4.69, 9.17) is 0 Å². The van der Waals surface area contributed by atoms with E-state index in [1.807, 2.05) is 30.3 Å². The monoisotopic (exact) mass is 394 g/mol. The first kappa shape index (κ1) is 18.7. The van der Waals surface area contributed by atoms with Crippen molar-refractivity contribution in [2.24, 2.45) is 0 Å². The number of carbonyl (C=O) groups is 1. The third-order valence-corrected chi connectivity index (χ3v) is 6.34. The molecule has 3 heteroatoms. The van der Waals surface area contributed by atoms with Gasteiger partial charge in [0.05, 0.1) is 6.04 Å². The third kappa shape index (κ3) is 3.21. The summed E-state index contributed by atoms with van der Waals surface area (Å²) in [5.74, 6) is 0.472.